The minimum Gasteiger partial charge on any atom is -0.469 e. The molecule has 0 bridgehead atoms. The highest BCUT2D eigenvalue weighted by molar-refractivity contribution is 5.77. The molecule has 3 nitrogen and oxygen atoms in total. The maximum atomic E-state index is 13.4. The first-order valence-electron chi connectivity index (χ1n) is 7.14. The number of rotatable bonds is 8. The van der Waals surface area contributed by atoms with Crippen molar-refractivity contribution in [2.24, 2.45) is 11.8 Å². The van der Waals surface area contributed by atoms with E-state index in [-0.39, 0.29) is 0 Å². The summed E-state index contributed by atoms with van der Waals surface area (Å²) < 4.78 is 36.6. The first kappa shape index (κ1) is 15.9. The number of alkyl halides is 2. The summed E-state index contributed by atoms with van der Waals surface area (Å²) in [5, 5.41) is 0. The summed E-state index contributed by atoms with van der Waals surface area (Å²) in [6.07, 6.45) is 1.68. The standard InChI is InChI=1S/C16H20F2O3/c1-20-15(19)14-13(16(14,17)18)9-5-6-10-21-11-12-7-3-2-4-8-12/h2-4,7-8,13-14H,5-6,9-11H2,1H3/t13-,14-/m0/s1. The Hall–Kier alpha value is -1.49. The van der Waals surface area contributed by atoms with Crippen molar-refractivity contribution in [2.75, 3.05) is 13.7 Å². The van der Waals surface area contributed by atoms with Crippen LogP contribution < -0.4 is 0 Å². The molecule has 0 unspecified atom stereocenters. The average Bonchev–Trinajstić information content (AvgIpc) is 3.04. The molecule has 1 aliphatic rings. The lowest BCUT2D eigenvalue weighted by molar-refractivity contribution is -0.144. The smallest absolute Gasteiger partial charge is 0.315 e. The van der Waals surface area contributed by atoms with Gasteiger partial charge in [0.05, 0.1) is 13.7 Å². The second-order valence-corrected chi connectivity index (χ2v) is 5.32. The molecule has 2 atom stereocenters. The predicted octanol–water partition coefficient (Wildman–Crippen LogP) is 3.43. The van der Waals surface area contributed by atoms with Crippen LogP contribution in [0.15, 0.2) is 30.3 Å². The van der Waals surface area contributed by atoms with Crippen LogP contribution in [0.25, 0.3) is 0 Å². The van der Waals surface area contributed by atoms with Gasteiger partial charge in [0.15, 0.2) is 0 Å². The van der Waals surface area contributed by atoms with Crippen LogP contribution in [0, 0.1) is 11.8 Å². The zero-order valence-electron chi connectivity index (χ0n) is 12.1. The Balaban J connectivity index is 1.57. The number of methoxy groups -OCH3 is 1. The molecule has 0 aromatic heterocycles. The van der Waals surface area contributed by atoms with Crippen molar-refractivity contribution in [2.45, 2.75) is 31.8 Å². The number of halogens is 2. The largest absolute Gasteiger partial charge is 0.469 e. The molecule has 0 radical (unpaired) electrons. The molecule has 1 fully saturated rings. The highest BCUT2D eigenvalue weighted by atomic mass is 19.3. The summed E-state index contributed by atoms with van der Waals surface area (Å²) in [5.74, 6) is -5.80. The Morgan fingerprint density at radius 2 is 1.95 bits per heavy atom. The fraction of sp³-hybridized carbons (Fsp3) is 0.562. The Kier molecular flexibility index (Phi) is 5.28. The van der Waals surface area contributed by atoms with Crippen molar-refractivity contribution >= 4 is 5.97 Å². The maximum Gasteiger partial charge on any atom is 0.315 e. The van der Waals surface area contributed by atoms with Gasteiger partial charge in [-0.05, 0) is 18.4 Å². The van der Waals surface area contributed by atoms with E-state index in [9.17, 15) is 13.6 Å². The summed E-state index contributed by atoms with van der Waals surface area (Å²) in [5.41, 5.74) is 1.09. The molecule has 1 aromatic rings. The van der Waals surface area contributed by atoms with Gasteiger partial charge >= 0.3 is 5.97 Å². The van der Waals surface area contributed by atoms with Crippen molar-refractivity contribution in [3.8, 4) is 0 Å². The molecule has 1 saturated carbocycles. The fourth-order valence-corrected chi connectivity index (χ4v) is 2.53. The lowest BCUT2D eigenvalue weighted by Gasteiger charge is -2.04. The zero-order chi connectivity index (χ0) is 15.3. The third-order valence-corrected chi connectivity index (χ3v) is 3.82. The number of carbonyl (C=O) groups excluding carboxylic acids is 1. The molecule has 5 heteroatoms. The topological polar surface area (TPSA) is 35.5 Å². The first-order valence-corrected chi connectivity index (χ1v) is 7.14. The third-order valence-electron chi connectivity index (χ3n) is 3.82. The zero-order valence-corrected chi connectivity index (χ0v) is 12.1. The van der Waals surface area contributed by atoms with Crippen LogP contribution in [0.5, 0.6) is 0 Å². The van der Waals surface area contributed by atoms with Crippen molar-refractivity contribution in [1.29, 1.82) is 0 Å². The first-order chi connectivity index (χ1) is 10.1. The van der Waals surface area contributed by atoms with Crippen molar-refractivity contribution < 1.29 is 23.0 Å². The maximum absolute atomic E-state index is 13.4. The number of hydrogen-bond donors (Lipinski definition) is 0. The second kappa shape index (κ2) is 6.98. The molecule has 116 valence electrons. The highest BCUT2D eigenvalue weighted by Gasteiger charge is 2.71. The van der Waals surface area contributed by atoms with Crippen molar-refractivity contribution in [1.82, 2.24) is 0 Å². The normalized spacial score (nSPS) is 22.8. The lowest BCUT2D eigenvalue weighted by atomic mass is 10.1. The lowest BCUT2D eigenvalue weighted by Crippen LogP contribution is -2.08. The van der Waals surface area contributed by atoms with Crippen LogP contribution >= 0.6 is 0 Å². The molecule has 0 amide bonds. The van der Waals surface area contributed by atoms with Crippen LogP contribution in [-0.4, -0.2) is 25.6 Å². The Morgan fingerprint density at radius 1 is 1.24 bits per heavy atom. The highest BCUT2D eigenvalue weighted by Crippen LogP contribution is 2.58. The molecular formula is C16H20F2O3. The van der Waals surface area contributed by atoms with E-state index in [2.05, 4.69) is 4.74 Å². The van der Waals surface area contributed by atoms with Crippen molar-refractivity contribution in [3.05, 3.63) is 35.9 Å². The number of esters is 1. The van der Waals surface area contributed by atoms with Gasteiger partial charge < -0.3 is 9.47 Å². The van der Waals surface area contributed by atoms with E-state index in [1.807, 2.05) is 30.3 Å². The molecule has 0 spiro atoms. The number of carbonyl (C=O) groups is 1. The van der Waals surface area contributed by atoms with Gasteiger partial charge in [-0.3, -0.25) is 4.79 Å². The van der Waals surface area contributed by atoms with Gasteiger partial charge in [0.25, 0.3) is 5.92 Å². The summed E-state index contributed by atoms with van der Waals surface area (Å²) in [7, 11) is 1.14. The van der Waals surface area contributed by atoms with E-state index >= 15 is 0 Å². The summed E-state index contributed by atoms with van der Waals surface area (Å²) in [6, 6.07) is 9.79. The van der Waals surface area contributed by atoms with Gasteiger partial charge in [0.2, 0.25) is 0 Å². The SMILES string of the molecule is COC(=O)[C@@H]1[C@H](CCCCOCc2ccccc2)C1(F)F. The third kappa shape index (κ3) is 4.00. The van der Waals surface area contributed by atoms with E-state index < -0.39 is 23.7 Å². The molecule has 1 aromatic carbocycles. The average molecular weight is 298 g/mol. The Morgan fingerprint density at radius 3 is 2.62 bits per heavy atom. The van der Waals surface area contributed by atoms with E-state index in [1.165, 1.54) is 0 Å². The number of benzene rings is 1. The summed E-state index contributed by atoms with van der Waals surface area (Å²) >= 11 is 0. The molecule has 0 saturated heterocycles. The summed E-state index contributed by atoms with van der Waals surface area (Å²) in [6.45, 7) is 1.07. The van der Waals surface area contributed by atoms with Gasteiger partial charge in [-0.1, -0.05) is 36.8 Å². The van der Waals surface area contributed by atoms with Gasteiger partial charge in [-0.15, -0.1) is 0 Å². The van der Waals surface area contributed by atoms with Gasteiger partial charge in [0, 0.05) is 12.5 Å². The number of unbranched alkanes of at least 4 members (excludes halogenated alkanes) is 1. The summed E-state index contributed by atoms with van der Waals surface area (Å²) in [4.78, 5) is 11.2. The molecular weight excluding hydrogens is 278 g/mol. The van der Waals surface area contributed by atoms with E-state index in [0.717, 1.165) is 12.7 Å². The Bertz CT molecular complexity index is 462. The van der Waals surface area contributed by atoms with Crippen LogP contribution in [0.2, 0.25) is 0 Å². The molecule has 1 aliphatic carbocycles. The van der Waals surface area contributed by atoms with Crippen LogP contribution in [-0.2, 0) is 20.9 Å². The van der Waals surface area contributed by atoms with E-state index in [0.29, 0.717) is 32.5 Å². The van der Waals surface area contributed by atoms with Crippen LogP contribution in [0.3, 0.4) is 0 Å². The van der Waals surface area contributed by atoms with Crippen LogP contribution in [0.4, 0.5) is 8.78 Å². The van der Waals surface area contributed by atoms with Gasteiger partial charge in [-0.25, -0.2) is 8.78 Å². The monoisotopic (exact) mass is 298 g/mol. The molecule has 0 N–H and O–H groups in total. The predicted molar refractivity (Wildman–Crippen MR) is 73.9 cm³/mol. The van der Waals surface area contributed by atoms with E-state index in [4.69, 9.17) is 4.74 Å². The van der Waals surface area contributed by atoms with Crippen molar-refractivity contribution in [3.63, 3.8) is 0 Å². The molecule has 0 heterocycles. The van der Waals surface area contributed by atoms with Crippen LogP contribution in [0.1, 0.15) is 24.8 Å². The molecule has 2 rings (SSSR count). The van der Waals surface area contributed by atoms with E-state index in [1.54, 1.807) is 0 Å². The number of ether oxygens (including phenoxy) is 2. The quantitative estimate of drug-likeness (QED) is 0.545. The molecule has 21 heavy (non-hydrogen) atoms. The molecule has 0 aliphatic heterocycles. The minimum absolute atomic E-state index is 0.335. The van der Waals surface area contributed by atoms with Gasteiger partial charge in [-0.2, -0.15) is 0 Å². The second-order valence-electron chi connectivity index (χ2n) is 5.32. The number of hydrogen-bond acceptors (Lipinski definition) is 3. The minimum atomic E-state index is -2.89. The fourth-order valence-electron chi connectivity index (χ4n) is 2.53. The Labute approximate surface area is 123 Å². The van der Waals surface area contributed by atoms with Gasteiger partial charge in [0.1, 0.15) is 5.92 Å².